The number of carbonyl (C=O) groups is 1. The molecule has 1 saturated heterocycles. The number of nitrogens with zero attached hydrogens (tertiary/aromatic N) is 3. The molecule has 2 N–H and O–H groups in total. The minimum Gasteiger partial charge on any atom is -0.488 e. The van der Waals surface area contributed by atoms with Crippen molar-refractivity contribution >= 4 is 28.6 Å². The van der Waals surface area contributed by atoms with E-state index >= 15 is 0 Å². The van der Waals surface area contributed by atoms with Gasteiger partial charge in [0.25, 0.3) is 0 Å². The lowest BCUT2D eigenvalue weighted by molar-refractivity contribution is -0.139. The van der Waals surface area contributed by atoms with E-state index in [4.69, 9.17) is 26.1 Å². The second kappa shape index (κ2) is 11.4. The Hall–Kier alpha value is -3.71. The van der Waals surface area contributed by atoms with E-state index in [9.17, 15) is 32.6 Å². The summed E-state index contributed by atoms with van der Waals surface area (Å²) in [5, 5.41) is 20.3. The highest BCUT2D eigenvalue weighted by Gasteiger charge is 2.37. The predicted octanol–water partition coefficient (Wildman–Crippen LogP) is 5.62. The van der Waals surface area contributed by atoms with Crippen LogP contribution in [0.25, 0.3) is 11.0 Å². The molecule has 226 valence electrons. The minimum atomic E-state index is -4.68. The maximum Gasteiger partial charge on any atom is 0.419 e. The third-order valence-electron chi connectivity index (χ3n) is 7.82. The summed E-state index contributed by atoms with van der Waals surface area (Å²) < 4.78 is 69.0. The van der Waals surface area contributed by atoms with Gasteiger partial charge in [0.15, 0.2) is 0 Å². The Kier molecular flexibility index (Phi) is 7.80. The van der Waals surface area contributed by atoms with Gasteiger partial charge < -0.3 is 24.3 Å². The number of aliphatic hydroxyl groups is 1. The van der Waals surface area contributed by atoms with Crippen LogP contribution in [-0.2, 0) is 37.0 Å². The van der Waals surface area contributed by atoms with Crippen LogP contribution in [0.5, 0.6) is 5.75 Å². The number of halogens is 5. The van der Waals surface area contributed by atoms with Crippen LogP contribution in [0.4, 0.5) is 17.6 Å². The molecule has 0 radical (unpaired) electrons. The normalized spacial score (nSPS) is 19.1. The maximum absolute atomic E-state index is 14.3. The molecule has 1 fully saturated rings. The molecule has 8 nitrogen and oxygen atoms in total. The smallest absolute Gasteiger partial charge is 0.419 e. The Bertz CT molecular complexity index is 1710. The second-order valence-corrected chi connectivity index (χ2v) is 11.1. The standard InChI is InChI=1S/C30H26ClF4N3O5/c31-20-3-1-18(22(32)10-20)13-43-27-9-19-11-37(6-5-16(19)7-21(27)30(33,34)35)12-28-36-23-4-2-17(29(40)41)8-24(23)38(28)25-14-42-15-26(25)39/h1-4,7-10,25-26,39H,5-6,11-15H2,(H,40,41)/t25-,26+/m0/s1. The van der Waals surface area contributed by atoms with Crippen molar-refractivity contribution < 1.29 is 42.0 Å². The lowest BCUT2D eigenvalue weighted by atomic mass is 9.96. The van der Waals surface area contributed by atoms with Crippen molar-refractivity contribution in [2.24, 2.45) is 0 Å². The first-order chi connectivity index (χ1) is 20.5. The van der Waals surface area contributed by atoms with E-state index in [2.05, 4.69) is 0 Å². The average molecular weight is 620 g/mol. The largest absolute Gasteiger partial charge is 0.488 e. The summed E-state index contributed by atoms with van der Waals surface area (Å²) in [5.74, 6) is -1.61. The topological polar surface area (TPSA) is 97.1 Å². The highest BCUT2D eigenvalue weighted by atomic mass is 35.5. The van der Waals surface area contributed by atoms with Crippen molar-refractivity contribution in [3.05, 3.63) is 93.0 Å². The number of carboxylic acids is 1. The molecule has 3 heterocycles. The van der Waals surface area contributed by atoms with Gasteiger partial charge in [-0.05, 0) is 60.0 Å². The quantitative estimate of drug-likeness (QED) is 0.259. The average Bonchev–Trinajstić information content (AvgIpc) is 3.52. The minimum absolute atomic E-state index is 0.0694. The van der Waals surface area contributed by atoms with E-state index in [0.29, 0.717) is 41.0 Å². The molecule has 0 amide bonds. The van der Waals surface area contributed by atoms with Gasteiger partial charge in [-0.25, -0.2) is 14.2 Å². The van der Waals surface area contributed by atoms with Crippen molar-refractivity contribution in [1.29, 1.82) is 0 Å². The predicted molar refractivity (Wildman–Crippen MR) is 148 cm³/mol. The zero-order valence-corrected chi connectivity index (χ0v) is 23.3. The SMILES string of the molecule is O=C(O)c1ccc2nc(CN3CCc4cc(C(F)(F)F)c(OCc5ccc(Cl)cc5F)cc4C3)n([C@H]3COC[C@H]3O)c2c1. The van der Waals surface area contributed by atoms with Crippen LogP contribution >= 0.6 is 11.6 Å². The van der Waals surface area contributed by atoms with E-state index < -0.39 is 48.0 Å². The molecule has 0 aliphatic carbocycles. The molecular formula is C30H26ClF4N3O5. The molecule has 0 bridgehead atoms. The number of hydrogen-bond donors (Lipinski definition) is 2. The molecule has 4 aromatic rings. The highest BCUT2D eigenvalue weighted by molar-refractivity contribution is 6.30. The van der Waals surface area contributed by atoms with E-state index in [1.807, 2.05) is 4.90 Å². The number of hydrogen-bond acceptors (Lipinski definition) is 6. The first-order valence-electron chi connectivity index (χ1n) is 13.5. The maximum atomic E-state index is 14.3. The molecule has 43 heavy (non-hydrogen) atoms. The molecule has 3 aromatic carbocycles. The van der Waals surface area contributed by atoms with Crippen LogP contribution in [0.15, 0.2) is 48.5 Å². The van der Waals surface area contributed by atoms with Crippen molar-refractivity contribution in [3.63, 3.8) is 0 Å². The van der Waals surface area contributed by atoms with Crippen LogP contribution in [0, 0.1) is 5.82 Å². The van der Waals surface area contributed by atoms with Crippen molar-refractivity contribution in [2.45, 2.75) is 44.4 Å². The zero-order chi connectivity index (χ0) is 30.5. The molecule has 6 rings (SSSR count). The van der Waals surface area contributed by atoms with Crippen LogP contribution in [-0.4, -0.2) is 56.5 Å². The van der Waals surface area contributed by atoms with E-state index in [0.717, 1.165) is 12.1 Å². The first-order valence-corrected chi connectivity index (χ1v) is 13.9. The molecule has 1 aromatic heterocycles. The Morgan fingerprint density at radius 2 is 1.93 bits per heavy atom. The van der Waals surface area contributed by atoms with Crippen LogP contribution in [0.1, 0.15) is 44.5 Å². The van der Waals surface area contributed by atoms with Crippen LogP contribution in [0.3, 0.4) is 0 Å². The molecule has 0 unspecified atom stereocenters. The third kappa shape index (κ3) is 5.92. The molecule has 2 aliphatic heterocycles. The summed E-state index contributed by atoms with van der Waals surface area (Å²) in [6, 6.07) is 10.4. The van der Waals surface area contributed by atoms with Crippen molar-refractivity contribution in [1.82, 2.24) is 14.5 Å². The summed E-state index contributed by atoms with van der Waals surface area (Å²) in [5.41, 5.74) is 1.48. The number of imidazole rings is 1. The summed E-state index contributed by atoms with van der Waals surface area (Å²) in [6.45, 7) is 0.939. The van der Waals surface area contributed by atoms with E-state index in [1.165, 1.54) is 30.3 Å². The van der Waals surface area contributed by atoms with Gasteiger partial charge in [0.2, 0.25) is 0 Å². The van der Waals surface area contributed by atoms with Crippen LogP contribution < -0.4 is 4.74 Å². The summed E-state index contributed by atoms with van der Waals surface area (Å²) in [7, 11) is 0. The van der Waals surface area contributed by atoms with Gasteiger partial charge in [-0.1, -0.05) is 17.7 Å². The van der Waals surface area contributed by atoms with Gasteiger partial charge in [-0.3, -0.25) is 4.90 Å². The van der Waals surface area contributed by atoms with E-state index in [1.54, 1.807) is 10.6 Å². The summed E-state index contributed by atoms with van der Waals surface area (Å²) >= 11 is 5.78. The fourth-order valence-electron chi connectivity index (χ4n) is 5.65. The number of aromatic nitrogens is 2. The third-order valence-corrected chi connectivity index (χ3v) is 8.06. The molecular weight excluding hydrogens is 594 g/mol. The number of rotatable bonds is 7. The van der Waals surface area contributed by atoms with Crippen molar-refractivity contribution in [3.8, 4) is 5.75 Å². The lowest BCUT2D eigenvalue weighted by Crippen LogP contribution is -2.33. The zero-order valence-electron chi connectivity index (χ0n) is 22.6. The number of alkyl halides is 3. The molecule has 0 saturated carbocycles. The summed E-state index contributed by atoms with van der Waals surface area (Å²) in [4.78, 5) is 18.4. The molecule has 2 atom stereocenters. The second-order valence-electron chi connectivity index (χ2n) is 10.7. The first kappa shape index (κ1) is 29.4. The van der Waals surface area contributed by atoms with Gasteiger partial charge in [-0.15, -0.1) is 0 Å². The fourth-order valence-corrected chi connectivity index (χ4v) is 5.81. The Labute approximate surface area is 248 Å². The van der Waals surface area contributed by atoms with Gasteiger partial charge >= 0.3 is 12.1 Å². The Morgan fingerprint density at radius 1 is 1.12 bits per heavy atom. The number of benzene rings is 3. The molecule has 0 spiro atoms. The Morgan fingerprint density at radius 3 is 2.63 bits per heavy atom. The molecule has 2 aliphatic rings. The van der Waals surface area contributed by atoms with Crippen LogP contribution in [0.2, 0.25) is 5.02 Å². The highest BCUT2D eigenvalue weighted by Crippen LogP contribution is 2.40. The fraction of sp³-hybridized carbons (Fsp3) is 0.333. The van der Waals surface area contributed by atoms with Crippen molar-refractivity contribution in [2.75, 3.05) is 19.8 Å². The number of aliphatic hydroxyl groups excluding tert-OH is 1. The number of fused-ring (bicyclic) bond motifs is 2. The monoisotopic (exact) mass is 619 g/mol. The Balaban J connectivity index is 1.30. The van der Waals surface area contributed by atoms with Gasteiger partial charge in [0.05, 0.1) is 48.0 Å². The number of ether oxygens (including phenoxy) is 2. The number of carboxylic acid groups (broad SMARTS) is 1. The van der Waals surface area contributed by atoms with Gasteiger partial charge in [0.1, 0.15) is 30.1 Å². The van der Waals surface area contributed by atoms with Gasteiger partial charge in [0, 0.05) is 23.7 Å². The van der Waals surface area contributed by atoms with Gasteiger partial charge in [-0.2, -0.15) is 13.2 Å². The molecule has 13 heteroatoms. The summed E-state index contributed by atoms with van der Waals surface area (Å²) in [6.07, 6.45) is -5.16. The lowest BCUT2D eigenvalue weighted by Gasteiger charge is -2.30. The number of aromatic carboxylic acids is 1. The van der Waals surface area contributed by atoms with E-state index in [-0.39, 0.29) is 42.5 Å².